The van der Waals surface area contributed by atoms with Gasteiger partial charge in [-0.15, -0.1) is 21.5 Å². The predicted octanol–water partition coefficient (Wildman–Crippen LogP) is 5.48. The van der Waals surface area contributed by atoms with Crippen LogP contribution in [0.3, 0.4) is 0 Å². The number of aryl methyl sites for hydroxylation is 2. The van der Waals surface area contributed by atoms with E-state index < -0.39 is 0 Å². The highest BCUT2D eigenvalue weighted by Crippen LogP contribution is 2.34. The highest BCUT2D eigenvalue weighted by Gasteiger charge is 2.24. The molecule has 0 radical (unpaired) electrons. The lowest BCUT2D eigenvalue weighted by Crippen LogP contribution is -2.33. The zero-order valence-corrected chi connectivity index (χ0v) is 18.3. The van der Waals surface area contributed by atoms with Gasteiger partial charge in [0, 0.05) is 20.0 Å². The molecule has 1 atom stereocenters. The summed E-state index contributed by atoms with van der Waals surface area (Å²) in [5.41, 5.74) is 6.01. The van der Waals surface area contributed by atoms with E-state index in [1.165, 1.54) is 15.3 Å². The van der Waals surface area contributed by atoms with Crippen LogP contribution in [0.15, 0.2) is 75.6 Å². The van der Waals surface area contributed by atoms with Crippen molar-refractivity contribution < 1.29 is 4.84 Å². The van der Waals surface area contributed by atoms with Crippen molar-refractivity contribution in [3.63, 3.8) is 0 Å². The van der Waals surface area contributed by atoms with Crippen LogP contribution in [-0.4, -0.2) is 22.6 Å². The summed E-state index contributed by atoms with van der Waals surface area (Å²) in [6.07, 6.45) is 0. The molecular formula is C23H20N4OS2. The van der Waals surface area contributed by atoms with Crippen LogP contribution in [0.5, 0.6) is 0 Å². The van der Waals surface area contributed by atoms with Crippen LogP contribution in [0.1, 0.15) is 26.9 Å². The summed E-state index contributed by atoms with van der Waals surface area (Å²) in [6, 6.07) is 20.6. The second-order valence-electron chi connectivity index (χ2n) is 7.17. The first kappa shape index (κ1) is 19.2. The first-order valence-corrected chi connectivity index (χ1v) is 11.3. The lowest BCUT2D eigenvalue weighted by Gasteiger charge is -2.23. The molecule has 1 aliphatic rings. The number of hydrogen-bond acceptors (Lipinski definition) is 7. The van der Waals surface area contributed by atoms with Crippen LogP contribution in [0.2, 0.25) is 0 Å². The second-order valence-corrected chi connectivity index (χ2v) is 9.55. The van der Waals surface area contributed by atoms with Gasteiger partial charge in [-0.3, -0.25) is 9.83 Å². The van der Waals surface area contributed by atoms with E-state index in [0.717, 1.165) is 26.4 Å². The molecule has 0 saturated carbocycles. The van der Waals surface area contributed by atoms with Gasteiger partial charge < -0.3 is 0 Å². The number of rotatable bonds is 4. The van der Waals surface area contributed by atoms with Crippen LogP contribution in [0, 0.1) is 13.8 Å². The third-order valence-corrected chi connectivity index (χ3v) is 6.93. The summed E-state index contributed by atoms with van der Waals surface area (Å²) < 4.78 is 0. The van der Waals surface area contributed by atoms with Gasteiger partial charge in [0.15, 0.2) is 5.84 Å². The average Bonchev–Trinajstić information content (AvgIpc) is 3.20. The Bertz CT molecular complexity index is 1250. The molecule has 0 spiro atoms. The van der Waals surface area contributed by atoms with E-state index in [1.807, 2.05) is 18.2 Å². The Labute approximate surface area is 183 Å². The molecule has 0 fully saturated rings. The topological polar surface area (TPSA) is 59.4 Å². The molecule has 0 saturated heterocycles. The third-order valence-electron chi connectivity index (χ3n) is 4.86. The minimum Gasteiger partial charge on any atom is -0.272 e. The molecule has 1 N–H and O–H groups in total. The Morgan fingerprint density at radius 1 is 1.03 bits per heavy atom. The van der Waals surface area contributed by atoms with Crippen molar-refractivity contribution in [2.24, 2.45) is 4.99 Å². The van der Waals surface area contributed by atoms with E-state index in [-0.39, 0.29) is 6.04 Å². The van der Waals surface area contributed by atoms with Crippen molar-refractivity contribution in [3.05, 3.63) is 81.5 Å². The molecule has 0 bridgehead atoms. The summed E-state index contributed by atoms with van der Waals surface area (Å²) in [7, 11) is 0. The van der Waals surface area contributed by atoms with Crippen molar-refractivity contribution >= 4 is 39.8 Å². The summed E-state index contributed by atoms with van der Waals surface area (Å²) in [4.78, 5) is 14.4. The summed E-state index contributed by atoms with van der Waals surface area (Å²) in [6.45, 7) is 4.70. The van der Waals surface area contributed by atoms with E-state index in [2.05, 4.69) is 72.0 Å². The fourth-order valence-electron chi connectivity index (χ4n) is 3.43. The van der Waals surface area contributed by atoms with Crippen molar-refractivity contribution in [1.29, 1.82) is 0 Å². The number of nitrogens with zero attached hydrogens (tertiary/aromatic N) is 3. The third kappa shape index (κ3) is 3.84. The maximum Gasteiger partial charge on any atom is 0.156 e. The van der Waals surface area contributed by atoms with Crippen LogP contribution < -0.4 is 5.48 Å². The van der Waals surface area contributed by atoms with Crippen LogP contribution in [-0.2, 0) is 4.84 Å². The normalized spacial score (nSPS) is 16.3. The highest BCUT2D eigenvalue weighted by molar-refractivity contribution is 7.99. The quantitative estimate of drug-likeness (QED) is 0.463. The molecule has 2 aromatic carbocycles. The fraction of sp³-hybridized carbons (Fsp3) is 0.174. The zero-order valence-electron chi connectivity index (χ0n) is 16.6. The van der Waals surface area contributed by atoms with Crippen molar-refractivity contribution in [2.75, 3.05) is 6.61 Å². The largest absolute Gasteiger partial charge is 0.272 e. The molecular weight excluding hydrogens is 412 g/mol. The van der Waals surface area contributed by atoms with Crippen molar-refractivity contribution in [2.45, 2.75) is 29.8 Å². The Morgan fingerprint density at radius 2 is 1.93 bits per heavy atom. The highest BCUT2D eigenvalue weighted by atomic mass is 32.2. The number of aromatic nitrogens is 2. The molecule has 3 heterocycles. The maximum absolute atomic E-state index is 5.75. The predicted molar refractivity (Wildman–Crippen MR) is 122 cm³/mol. The SMILES string of the molecule is Cc1cccc(Sc2nnc3ccccc3c2C2=N[C@@H](c3ccc(C)s3)CON2)c1. The summed E-state index contributed by atoms with van der Waals surface area (Å²) in [5, 5.41) is 10.8. The zero-order chi connectivity index (χ0) is 20.5. The number of aliphatic imine (C=N–C) groups is 1. The molecule has 0 aliphatic carbocycles. The lowest BCUT2D eigenvalue weighted by molar-refractivity contribution is 0.0628. The molecule has 1 aliphatic heterocycles. The molecule has 0 amide bonds. The van der Waals surface area contributed by atoms with Gasteiger partial charge in [0.2, 0.25) is 0 Å². The van der Waals surface area contributed by atoms with E-state index in [4.69, 9.17) is 9.83 Å². The number of hydrogen-bond donors (Lipinski definition) is 1. The van der Waals surface area contributed by atoms with E-state index >= 15 is 0 Å². The number of amidine groups is 1. The first-order chi connectivity index (χ1) is 14.7. The first-order valence-electron chi connectivity index (χ1n) is 9.69. The molecule has 30 heavy (non-hydrogen) atoms. The van der Waals surface area contributed by atoms with E-state index in [0.29, 0.717) is 12.4 Å². The molecule has 5 nitrogen and oxygen atoms in total. The van der Waals surface area contributed by atoms with Crippen LogP contribution >= 0.6 is 23.1 Å². The second kappa shape index (κ2) is 8.18. The van der Waals surface area contributed by atoms with Gasteiger partial charge in [0.25, 0.3) is 0 Å². The average molecular weight is 433 g/mol. The molecule has 4 aromatic rings. The number of thiophene rings is 1. The van der Waals surface area contributed by atoms with E-state index in [9.17, 15) is 0 Å². The van der Waals surface area contributed by atoms with Crippen LogP contribution in [0.25, 0.3) is 10.9 Å². The molecule has 5 rings (SSSR count). The Kier molecular flexibility index (Phi) is 5.25. The van der Waals surface area contributed by atoms with Gasteiger partial charge in [-0.1, -0.05) is 47.7 Å². The maximum atomic E-state index is 5.75. The number of hydroxylamine groups is 1. The van der Waals surface area contributed by atoms with Gasteiger partial charge in [0.1, 0.15) is 17.7 Å². The number of benzene rings is 2. The van der Waals surface area contributed by atoms with Gasteiger partial charge in [0.05, 0.1) is 11.1 Å². The fourth-order valence-corrected chi connectivity index (χ4v) is 5.34. The smallest absolute Gasteiger partial charge is 0.156 e. The van der Waals surface area contributed by atoms with Gasteiger partial charge in [-0.25, -0.2) is 5.48 Å². The van der Waals surface area contributed by atoms with Crippen molar-refractivity contribution in [1.82, 2.24) is 15.7 Å². The molecule has 7 heteroatoms. The molecule has 150 valence electrons. The summed E-state index contributed by atoms with van der Waals surface area (Å²) >= 11 is 3.35. The Hall–Kier alpha value is -2.74. The van der Waals surface area contributed by atoms with Crippen molar-refractivity contribution in [3.8, 4) is 0 Å². The minimum atomic E-state index is -0.0382. The number of fused-ring (bicyclic) bond motifs is 1. The van der Waals surface area contributed by atoms with Gasteiger partial charge >= 0.3 is 0 Å². The monoisotopic (exact) mass is 432 g/mol. The Morgan fingerprint density at radius 3 is 2.77 bits per heavy atom. The van der Waals surface area contributed by atoms with Crippen LogP contribution in [0.4, 0.5) is 0 Å². The standard InChI is InChI=1S/C23H20N4OS2/c1-14-6-5-7-16(12-14)30-23-21(17-8-3-4-9-18(17)25-26-23)22-24-19(13-28-27-22)20-11-10-15(2)29-20/h3-12,19H,13H2,1-2H3,(H,24,27)/t19-/m1/s1. The van der Waals surface area contributed by atoms with Gasteiger partial charge in [-0.05, 0) is 44.2 Å². The van der Waals surface area contributed by atoms with E-state index in [1.54, 1.807) is 23.1 Å². The molecule has 2 aromatic heterocycles. The Balaban J connectivity index is 1.63. The van der Waals surface area contributed by atoms with Gasteiger partial charge in [-0.2, -0.15) is 0 Å². The molecule has 0 unspecified atom stereocenters. The number of nitrogens with one attached hydrogen (secondary N) is 1. The lowest BCUT2D eigenvalue weighted by atomic mass is 10.1. The summed E-state index contributed by atoms with van der Waals surface area (Å²) in [5.74, 6) is 0.693. The minimum absolute atomic E-state index is 0.0382.